The molecule has 1 fully saturated rings. The molecule has 3 heterocycles. The van der Waals surface area contributed by atoms with Gasteiger partial charge in [-0.05, 0) is 50.5 Å². The number of aryl methyl sites for hydroxylation is 1. The van der Waals surface area contributed by atoms with E-state index in [0.29, 0.717) is 5.56 Å². The summed E-state index contributed by atoms with van der Waals surface area (Å²) in [5.74, 6) is -0.193. The predicted molar refractivity (Wildman–Crippen MR) is 122 cm³/mol. The van der Waals surface area contributed by atoms with E-state index in [1.165, 1.54) is 5.69 Å². The molecule has 0 bridgehead atoms. The number of aromatic nitrogens is 1. The number of likely N-dealkylation sites (tertiary alicyclic amines) is 1. The van der Waals surface area contributed by atoms with Crippen molar-refractivity contribution in [1.29, 1.82) is 0 Å². The van der Waals surface area contributed by atoms with Gasteiger partial charge in [-0.3, -0.25) is 14.5 Å². The van der Waals surface area contributed by atoms with Crippen LogP contribution >= 0.6 is 0 Å². The summed E-state index contributed by atoms with van der Waals surface area (Å²) in [4.78, 5) is 33.4. The monoisotopic (exact) mass is 422 g/mol. The SMILES string of the molecule is CC(C)N1C(=O)c2ccccc2C(C(=O)N(C)C)C12CCN(Cc1cccn1C)CC2. The van der Waals surface area contributed by atoms with Crippen molar-refractivity contribution < 1.29 is 9.59 Å². The fraction of sp³-hybridized carbons (Fsp3) is 0.520. The number of amides is 2. The predicted octanol–water partition coefficient (Wildman–Crippen LogP) is 3.10. The lowest BCUT2D eigenvalue weighted by Gasteiger charge is -2.57. The van der Waals surface area contributed by atoms with Crippen LogP contribution in [0.3, 0.4) is 0 Å². The highest BCUT2D eigenvalue weighted by molar-refractivity contribution is 6.02. The summed E-state index contributed by atoms with van der Waals surface area (Å²) in [5, 5.41) is 0. The standard InChI is InChI=1S/C25H34N4O2/c1-18(2)29-23(30)21-11-7-6-10-20(21)22(24(31)26(3)4)25(29)12-15-28(16-13-25)17-19-9-8-14-27(19)5/h6-11,14,18,22H,12-13,15-17H2,1-5H3. The molecule has 1 aromatic carbocycles. The molecule has 2 aliphatic rings. The number of rotatable bonds is 4. The number of fused-ring (bicyclic) bond motifs is 1. The van der Waals surface area contributed by atoms with Crippen LogP contribution in [0.25, 0.3) is 0 Å². The largest absolute Gasteiger partial charge is 0.353 e. The van der Waals surface area contributed by atoms with Gasteiger partial charge in [-0.1, -0.05) is 18.2 Å². The number of likely N-dealkylation sites (N-methyl/N-ethyl adjacent to an activating group) is 1. The number of nitrogens with zero attached hydrogens (tertiary/aromatic N) is 4. The first-order valence-corrected chi connectivity index (χ1v) is 11.2. The molecular weight excluding hydrogens is 388 g/mol. The van der Waals surface area contributed by atoms with Crippen molar-refractivity contribution in [3.8, 4) is 0 Å². The first-order chi connectivity index (χ1) is 14.8. The smallest absolute Gasteiger partial charge is 0.254 e. The fourth-order valence-electron chi connectivity index (χ4n) is 5.59. The molecule has 1 unspecified atom stereocenters. The Morgan fingerprint density at radius 3 is 2.39 bits per heavy atom. The van der Waals surface area contributed by atoms with Crippen LogP contribution in [0.4, 0.5) is 0 Å². The number of carbonyl (C=O) groups excluding carboxylic acids is 2. The fourth-order valence-corrected chi connectivity index (χ4v) is 5.59. The van der Waals surface area contributed by atoms with Gasteiger partial charge >= 0.3 is 0 Å². The van der Waals surface area contributed by atoms with Gasteiger partial charge in [-0.15, -0.1) is 0 Å². The molecule has 1 saturated heterocycles. The summed E-state index contributed by atoms with van der Waals surface area (Å²) >= 11 is 0. The molecule has 1 aromatic heterocycles. The highest BCUT2D eigenvalue weighted by atomic mass is 16.2. The molecule has 4 rings (SSSR count). The van der Waals surface area contributed by atoms with E-state index in [0.717, 1.165) is 38.0 Å². The van der Waals surface area contributed by atoms with E-state index in [1.54, 1.807) is 4.90 Å². The van der Waals surface area contributed by atoms with Crippen LogP contribution in [-0.2, 0) is 18.4 Å². The molecule has 0 aliphatic carbocycles. The zero-order chi connectivity index (χ0) is 22.3. The minimum absolute atomic E-state index is 0.0257. The maximum atomic E-state index is 13.6. The van der Waals surface area contributed by atoms with Crippen LogP contribution in [0.5, 0.6) is 0 Å². The van der Waals surface area contributed by atoms with Crippen molar-refractivity contribution in [1.82, 2.24) is 19.3 Å². The van der Waals surface area contributed by atoms with E-state index in [2.05, 4.69) is 48.7 Å². The van der Waals surface area contributed by atoms with Crippen LogP contribution in [-0.4, -0.2) is 69.8 Å². The van der Waals surface area contributed by atoms with E-state index >= 15 is 0 Å². The minimum atomic E-state index is -0.494. The van der Waals surface area contributed by atoms with Crippen molar-refractivity contribution >= 4 is 11.8 Å². The van der Waals surface area contributed by atoms with Crippen molar-refractivity contribution in [2.45, 2.75) is 50.7 Å². The lowest BCUT2D eigenvalue weighted by molar-refractivity contribution is -0.136. The van der Waals surface area contributed by atoms with Crippen LogP contribution in [0, 0.1) is 0 Å². The maximum Gasteiger partial charge on any atom is 0.254 e. The van der Waals surface area contributed by atoms with Gasteiger partial charge in [0.2, 0.25) is 5.91 Å². The Morgan fingerprint density at radius 1 is 1.13 bits per heavy atom. The minimum Gasteiger partial charge on any atom is -0.353 e. The first kappa shape index (κ1) is 21.6. The van der Waals surface area contributed by atoms with Gasteiger partial charge in [0.15, 0.2) is 0 Å². The van der Waals surface area contributed by atoms with Gasteiger partial charge in [-0.25, -0.2) is 0 Å². The van der Waals surface area contributed by atoms with E-state index in [1.807, 2.05) is 43.3 Å². The first-order valence-electron chi connectivity index (χ1n) is 11.2. The maximum absolute atomic E-state index is 13.6. The zero-order valence-corrected chi connectivity index (χ0v) is 19.3. The average Bonchev–Trinajstić information content (AvgIpc) is 3.14. The summed E-state index contributed by atoms with van der Waals surface area (Å²) in [5.41, 5.74) is 2.35. The van der Waals surface area contributed by atoms with Gasteiger partial charge < -0.3 is 14.4 Å². The van der Waals surface area contributed by atoms with Crippen molar-refractivity contribution in [3.05, 3.63) is 59.4 Å². The topological polar surface area (TPSA) is 48.8 Å². The molecule has 2 amide bonds. The third kappa shape index (κ3) is 3.57. The average molecular weight is 423 g/mol. The Kier molecular flexibility index (Phi) is 5.69. The van der Waals surface area contributed by atoms with Crippen LogP contribution in [0.2, 0.25) is 0 Å². The quantitative estimate of drug-likeness (QED) is 0.761. The van der Waals surface area contributed by atoms with Crippen molar-refractivity contribution in [3.63, 3.8) is 0 Å². The Morgan fingerprint density at radius 2 is 1.81 bits per heavy atom. The molecular formula is C25H34N4O2. The lowest BCUT2D eigenvalue weighted by Crippen LogP contribution is -2.66. The number of hydrogen-bond acceptors (Lipinski definition) is 3. The van der Waals surface area contributed by atoms with Crippen LogP contribution in [0.15, 0.2) is 42.6 Å². The molecule has 6 nitrogen and oxygen atoms in total. The van der Waals surface area contributed by atoms with E-state index < -0.39 is 5.54 Å². The van der Waals surface area contributed by atoms with Gasteiger partial charge in [0.05, 0.1) is 11.5 Å². The summed E-state index contributed by atoms with van der Waals surface area (Å²) in [7, 11) is 5.71. The highest BCUT2D eigenvalue weighted by Crippen LogP contribution is 2.48. The van der Waals surface area contributed by atoms with E-state index in [9.17, 15) is 9.59 Å². The number of piperidine rings is 1. The third-order valence-electron chi connectivity index (χ3n) is 7.10. The number of benzene rings is 1. The van der Waals surface area contributed by atoms with E-state index in [-0.39, 0.29) is 23.8 Å². The molecule has 0 radical (unpaired) electrons. The molecule has 0 N–H and O–H groups in total. The van der Waals surface area contributed by atoms with E-state index in [4.69, 9.17) is 0 Å². The molecule has 2 aliphatic heterocycles. The normalized spacial score (nSPS) is 20.9. The van der Waals surface area contributed by atoms with Crippen LogP contribution < -0.4 is 0 Å². The highest BCUT2D eigenvalue weighted by Gasteiger charge is 2.56. The second kappa shape index (κ2) is 8.15. The lowest BCUT2D eigenvalue weighted by atomic mass is 9.66. The number of hydrogen-bond donors (Lipinski definition) is 0. The second-order valence-corrected chi connectivity index (χ2v) is 9.51. The summed E-state index contributed by atoms with van der Waals surface area (Å²) in [6, 6.07) is 12.0. The Labute approximate surface area is 185 Å². The Bertz CT molecular complexity index is 969. The van der Waals surface area contributed by atoms with Gasteiger partial charge in [0.1, 0.15) is 0 Å². The molecule has 6 heteroatoms. The van der Waals surface area contributed by atoms with Crippen molar-refractivity contribution in [2.75, 3.05) is 27.2 Å². The van der Waals surface area contributed by atoms with Gasteiger partial charge in [0.25, 0.3) is 5.91 Å². The summed E-state index contributed by atoms with van der Waals surface area (Å²) < 4.78 is 2.16. The van der Waals surface area contributed by atoms with Gasteiger partial charge in [-0.2, -0.15) is 0 Å². The molecule has 166 valence electrons. The Balaban J connectivity index is 1.73. The molecule has 2 aromatic rings. The van der Waals surface area contributed by atoms with Gasteiger partial charge in [0, 0.05) is 64.3 Å². The zero-order valence-electron chi connectivity index (χ0n) is 19.3. The molecule has 31 heavy (non-hydrogen) atoms. The summed E-state index contributed by atoms with van der Waals surface area (Å²) in [6.07, 6.45) is 3.66. The Hall–Kier alpha value is -2.60. The van der Waals surface area contributed by atoms with Crippen LogP contribution in [0.1, 0.15) is 54.2 Å². The molecule has 1 atom stereocenters. The molecule has 1 spiro atoms. The summed E-state index contributed by atoms with van der Waals surface area (Å²) in [6.45, 7) is 6.75. The number of carbonyl (C=O) groups is 2. The van der Waals surface area contributed by atoms with Crippen molar-refractivity contribution in [2.24, 2.45) is 7.05 Å². The second-order valence-electron chi connectivity index (χ2n) is 9.51. The third-order valence-corrected chi connectivity index (χ3v) is 7.10. The molecule has 0 saturated carbocycles.